The van der Waals surface area contributed by atoms with Crippen LogP contribution < -0.4 is 10.1 Å². The first-order chi connectivity index (χ1) is 11.5. The first-order valence-corrected chi connectivity index (χ1v) is 7.36. The second-order valence-electron chi connectivity index (χ2n) is 5.22. The maximum atomic E-state index is 13.4. The molecule has 2 aromatic carbocycles. The summed E-state index contributed by atoms with van der Waals surface area (Å²) in [7, 11) is 0. The van der Waals surface area contributed by atoms with Crippen LogP contribution >= 0.6 is 0 Å². The van der Waals surface area contributed by atoms with E-state index in [1.165, 1.54) is 18.2 Å². The number of para-hydroxylation sites is 1. The van der Waals surface area contributed by atoms with Crippen LogP contribution in [0, 0.1) is 19.7 Å². The van der Waals surface area contributed by atoms with Crippen LogP contribution in [0.4, 0.5) is 10.1 Å². The van der Waals surface area contributed by atoms with Crippen molar-refractivity contribution in [1.29, 1.82) is 0 Å². The zero-order valence-electron chi connectivity index (χ0n) is 13.5. The minimum Gasteiger partial charge on any atom is -0.482 e. The molecule has 0 spiro atoms. The van der Waals surface area contributed by atoms with Gasteiger partial charge in [0.1, 0.15) is 11.6 Å². The highest BCUT2D eigenvalue weighted by molar-refractivity contribution is 5.92. The number of benzene rings is 2. The van der Waals surface area contributed by atoms with Gasteiger partial charge in [0.2, 0.25) is 0 Å². The third-order valence-electron chi connectivity index (χ3n) is 3.35. The van der Waals surface area contributed by atoms with Gasteiger partial charge in [0.15, 0.2) is 13.2 Å². The lowest BCUT2D eigenvalue weighted by atomic mass is 10.1. The summed E-state index contributed by atoms with van der Waals surface area (Å²) in [5.74, 6) is -1.32. The molecule has 0 aliphatic carbocycles. The third-order valence-corrected chi connectivity index (χ3v) is 3.35. The smallest absolute Gasteiger partial charge is 0.344 e. The van der Waals surface area contributed by atoms with E-state index >= 15 is 0 Å². The Balaban J connectivity index is 1.75. The lowest BCUT2D eigenvalue weighted by molar-refractivity contribution is -0.149. The molecule has 2 aromatic rings. The number of hydrogen-bond donors (Lipinski definition) is 1. The Morgan fingerprint density at radius 2 is 1.79 bits per heavy atom. The van der Waals surface area contributed by atoms with Crippen molar-refractivity contribution in [2.45, 2.75) is 13.8 Å². The van der Waals surface area contributed by atoms with Crippen molar-refractivity contribution >= 4 is 17.6 Å². The molecule has 6 heteroatoms. The van der Waals surface area contributed by atoms with E-state index in [4.69, 9.17) is 9.47 Å². The number of aryl methyl sites for hydroxylation is 2. The van der Waals surface area contributed by atoms with Gasteiger partial charge < -0.3 is 14.8 Å². The fraction of sp³-hybridized carbons (Fsp3) is 0.222. The second kappa shape index (κ2) is 8.10. The maximum Gasteiger partial charge on any atom is 0.344 e. The SMILES string of the molecule is Cc1ccc(OCC(=O)OCC(=O)Nc2ccccc2F)cc1C. The van der Waals surface area contributed by atoms with Crippen LogP contribution in [0.1, 0.15) is 11.1 Å². The van der Waals surface area contributed by atoms with Crippen LogP contribution in [0.5, 0.6) is 5.75 Å². The predicted octanol–water partition coefficient (Wildman–Crippen LogP) is 3.00. The van der Waals surface area contributed by atoms with Gasteiger partial charge in [0, 0.05) is 0 Å². The van der Waals surface area contributed by atoms with E-state index in [-0.39, 0.29) is 12.3 Å². The van der Waals surface area contributed by atoms with Gasteiger partial charge in [-0.25, -0.2) is 9.18 Å². The number of carbonyl (C=O) groups excluding carboxylic acids is 2. The Labute approximate surface area is 139 Å². The van der Waals surface area contributed by atoms with E-state index in [1.807, 2.05) is 26.0 Å². The first kappa shape index (κ1) is 17.5. The summed E-state index contributed by atoms with van der Waals surface area (Å²) in [6.07, 6.45) is 0. The standard InChI is InChI=1S/C18H18FNO4/c1-12-7-8-14(9-13(12)2)23-11-18(22)24-10-17(21)20-16-6-4-3-5-15(16)19/h3-9H,10-11H2,1-2H3,(H,20,21). The Morgan fingerprint density at radius 3 is 2.50 bits per heavy atom. The molecule has 0 saturated carbocycles. The molecule has 0 aliphatic rings. The van der Waals surface area contributed by atoms with Crippen LogP contribution in [0.3, 0.4) is 0 Å². The van der Waals surface area contributed by atoms with Crippen molar-refractivity contribution in [2.24, 2.45) is 0 Å². The third kappa shape index (κ3) is 5.08. The summed E-state index contributed by atoms with van der Waals surface area (Å²) in [5.41, 5.74) is 2.20. The molecule has 1 N–H and O–H groups in total. The Kier molecular flexibility index (Phi) is 5.89. The maximum absolute atomic E-state index is 13.4. The fourth-order valence-electron chi connectivity index (χ4n) is 1.88. The van der Waals surface area contributed by atoms with Crippen LogP contribution in [0.2, 0.25) is 0 Å². The first-order valence-electron chi connectivity index (χ1n) is 7.36. The van der Waals surface area contributed by atoms with Gasteiger partial charge in [-0.3, -0.25) is 4.79 Å². The molecule has 5 nitrogen and oxygen atoms in total. The van der Waals surface area contributed by atoms with E-state index in [1.54, 1.807) is 12.1 Å². The summed E-state index contributed by atoms with van der Waals surface area (Å²) in [6, 6.07) is 11.2. The van der Waals surface area contributed by atoms with Crippen LogP contribution in [-0.2, 0) is 14.3 Å². The lowest BCUT2D eigenvalue weighted by Crippen LogP contribution is -2.24. The number of rotatable bonds is 6. The molecule has 0 heterocycles. The van der Waals surface area contributed by atoms with Crippen molar-refractivity contribution in [1.82, 2.24) is 0 Å². The highest BCUT2D eigenvalue weighted by atomic mass is 19.1. The minimum atomic E-state index is -0.683. The number of halogens is 1. The number of esters is 1. The van der Waals surface area contributed by atoms with Gasteiger partial charge in [-0.1, -0.05) is 18.2 Å². The molecule has 0 aromatic heterocycles. The summed E-state index contributed by atoms with van der Waals surface area (Å²) in [4.78, 5) is 23.2. The normalized spacial score (nSPS) is 10.1. The zero-order valence-corrected chi connectivity index (χ0v) is 13.5. The largest absolute Gasteiger partial charge is 0.482 e. The van der Waals surface area contributed by atoms with Gasteiger partial charge in [-0.15, -0.1) is 0 Å². The average molecular weight is 331 g/mol. The Hall–Kier alpha value is -2.89. The molecule has 126 valence electrons. The molecule has 0 saturated heterocycles. The number of anilines is 1. The number of carbonyl (C=O) groups is 2. The summed E-state index contributed by atoms with van der Waals surface area (Å²) in [5, 5.41) is 2.32. The van der Waals surface area contributed by atoms with E-state index in [0.717, 1.165) is 11.1 Å². The van der Waals surface area contributed by atoms with Crippen molar-refractivity contribution < 1.29 is 23.5 Å². The van der Waals surface area contributed by atoms with E-state index in [2.05, 4.69) is 5.32 Å². The Morgan fingerprint density at radius 1 is 1.04 bits per heavy atom. The molecule has 1 amide bonds. The van der Waals surface area contributed by atoms with Gasteiger partial charge >= 0.3 is 5.97 Å². The average Bonchev–Trinajstić information content (AvgIpc) is 2.56. The molecule has 24 heavy (non-hydrogen) atoms. The summed E-state index contributed by atoms with van der Waals surface area (Å²) < 4.78 is 23.5. The van der Waals surface area contributed by atoms with Crippen molar-refractivity contribution in [3.05, 3.63) is 59.4 Å². The minimum absolute atomic E-state index is 0.0323. The highest BCUT2D eigenvalue weighted by Gasteiger charge is 2.10. The van der Waals surface area contributed by atoms with E-state index < -0.39 is 24.3 Å². The van der Waals surface area contributed by atoms with E-state index in [0.29, 0.717) is 5.75 Å². The highest BCUT2D eigenvalue weighted by Crippen LogP contribution is 2.16. The summed E-state index contributed by atoms with van der Waals surface area (Å²) in [6.45, 7) is 3.09. The van der Waals surface area contributed by atoms with Crippen LogP contribution in [0.15, 0.2) is 42.5 Å². The molecule has 0 radical (unpaired) electrons. The molecule has 0 fully saturated rings. The molecule has 2 rings (SSSR count). The molecular formula is C18H18FNO4. The van der Waals surface area contributed by atoms with Gasteiger partial charge in [0.05, 0.1) is 5.69 Å². The number of amides is 1. The number of nitrogens with one attached hydrogen (secondary N) is 1. The number of ether oxygens (including phenoxy) is 2. The van der Waals surface area contributed by atoms with E-state index in [9.17, 15) is 14.0 Å². The molecule has 0 unspecified atom stereocenters. The molecule has 0 aliphatic heterocycles. The Bertz CT molecular complexity index is 746. The predicted molar refractivity (Wildman–Crippen MR) is 87.4 cm³/mol. The van der Waals surface area contributed by atoms with Crippen LogP contribution in [-0.4, -0.2) is 25.1 Å². The topological polar surface area (TPSA) is 64.6 Å². The van der Waals surface area contributed by atoms with Crippen LogP contribution in [0.25, 0.3) is 0 Å². The molecule has 0 bridgehead atoms. The van der Waals surface area contributed by atoms with Gasteiger partial charge in [-0.2, -0.15) is 0 Å². The fourth-order valence-corrected chi connectivity index (χ4v) is 1.88. The molecular weight excluding hydrogens is 313 g/mol. The zero-order chi connectivity index (χ0) is 17.5. The quantitative estimate of drug-likeness (QED) is 0.827. The monoisotopic (exact) mass is 331 g/mol. The van der Waals surface area contributed by atoms with Gasteiger partial charge in [-0.05, 0) is 49.2 Å². The second-order valence-corrected chi connectivity index (χ2v) is 5.22. The number of hydrogen-bond acceptors (Lipinski definition) is 4. The van der Waals surface area contributed by atoms with Crippen molar-refractivity contribution in [2.75, 3.05) is 18.5 Å². The van der Waals surface area contributed by atoms with Crippen molar-refractivity contribution in [3.8, 4) is 5.75 Å². The van der Waals surface area contributed by atoms with Gasteiger partial charge in [0.25, 0.3) is 5.91 Å². The summed E-state index contributed by atoms with van der Waals surface area (Å²) >= 11 is 0. The molecule has 0 atom stereocenters. The van der Waals surface area contributed by atoms with Crippen molar-refractivity contribution in [3.63, 3.8) is 0 Å². The lowest BCUT2D eigenvalue weighted by Gasteiger charge is -2.09.